The fraction of sp³-hybridized carbons (Fsp3) is 0.304. The first-order valence-electron chi connectivity index (χ1n) is 10.4. The number of hydrogen-bond acceptors (Lipinski definition) is 6. The molecule has 0 spiro atoms. The topological polar surface area (TPSA) is 113 Å². The highest BCUT2D eigenvalue weighted by atomic mass is 32.2. The van der Waals surface area contributed by atoms with Crippen LogP contribution in [0.4, 0.5) is 26.2 Å². The Kier molecular flexibility index (Phi) is 7.25. The Hall–Kier alpha value is -3.47. The highest BCUT2D eigenvalue weighted by Crippen LogP contribution is 2.27. The Bertz CT molecular complexity index is 1300. The van der Waals surface area contributed by atoms with Crippen molar-refractivity contribution in [2.45, 2.75) is 39.7 Å². The van der Waals surface area contributed by atoms with Gasteiger partial charge >= 0.3 is 0 Å². The predicted molar refractivity (Wildman–Crippen MR) is 126 cm³/mol. The molecule has 2 aromatic carbocycles. The van der Waals surface area contributed by atoms with Crippen LogP contribution in [-0.4, -0.2) is 25.6 Å². The number of oxazole rings is 1. The minimum absolute atomic E-state index is 0.0247. The highest BCUT2D eigenvalue weighted by Gasteiger charge is 2.20. The molecule has 1 amide bonds. The van der Waals surface area contributed by atoms with Crippen LogP contribution in [0.3, 0.4) is 0 Å². The fourth-order valence-corrected chi connectivity index (χ4v) is 3.73. The van der Waals surface area contributed by atoms with E-state index >= 15 is 0 Å². The van der Waals surface area contributed by atoms with Gasteiger partial charge in [-0.15, -0.1) is 0 Å². The smallest absolute Gasteiger partial charge is 0.299 e. The fourth-order valence-electron chi connectivity index (χ4n) is 3.16. The van der Waals surface area contributed by atoms with Gasteiger partial charge in [0.1, 0.15) is 12.0 Å². The number of anilines is 3. The first-order valence-corrected chi connectivity index (χ1v) is 12.3. The summed E-state index contributed by atoms with van der Waals surface area (Å²) in [5, 5.41) is 5.64. The molecule has 0 radical (unpaired) electrons. The van der Waals surface area contributed by atoms with Crippen LogP contribution in [0, 0.1) is 18.6 Å². The second-order valence-electron chi connectivity index (χ2n) is 8.32. The number of nitrogens with one attached hydrogen (secondary N) is 3. The van der Waals surface area contributed by atoms with Gasteiger partial charge in [-0.3, -0.25) is 9.52 Å². The van der Waals surface area contributed by atoms with E-state index in [1.165, 1.54) is 13.2 Å². The monoisotopic (exact) mass is 492 g/mol. The lowest BCUT2D eigenvalue weighted by Crippen LogP contribution is -2.27. The molecule has 1 heterocycles. The minimum atomic E-state index is -3.86. The zero-order chi connectivity index (χ0) is 25.2. The van der Waals surface area contributed by atoms with Crippen molar-refractivity contribution in [3.05, 3.63) is 70.6 Å². The van der Waals surface area contributed by atoms with Gasteiger partial charge in [0, 0.05) is 5.69 Å². The molecule has 11 heteroatoms. The number of hydrogen-bond donors (Lipinski definition) is 3. The van der Waals surface area contributed by atoms with Gasteiger partial charge in [0.2, 0.25) is 10.0 Å². The van der Waals surface area contributed by atoms with Crippen LogP contribution in [0.5, 0.6) is 0 Å². The van der Waals surface area contributed by atoms with Gasteiger partial charge < -0.3 is 15.1 Å². The summed E-state index contributed by atoms with van der Waals surface area (Å²) in [6.45, 7) is 7.61. The number of aromatic nitrogens is 1. The second kappa shape index (κ2) is 9.80. The van der Waals surface area contributed by atoms with Gasteiger partial charge in [-0.2, -0.15) is 4.98 Å². The first-order chi connectivity index (χ1) is 15.8. The normalized spacial score (nSPS) is 12.5. The molecule has 3 aromatic rings. The van der Waals surface area contributed by atoms with E-state index in [9.17, 15) is 22.0 Å². The van der Waals surface area contributed by atoms with Gasteiger partial charge in [-0.1, -0.05) is 26.0 Å². The number of benzene rings is 2. The van der Waals surface area contributed by atoms with Gasteiger partial charge in [-0.25, -0.2) is 17.2 Å². The van der Waals surface area contributed by atoms with Crippen LogP contribution in [0.25, 0.3) is 0 Å². The molecule has 0 aliphatic carbocycles. The molecule has 8 nitrogen and oxygen atoms in total. The summed E-state index contributed by atoms with van der Waals surface area (Å²) in [7, 11) is -3.86. The molecular formula is C23H26F2N4O4S. The maximum atomic E-state index is 14.3. The van der Waals surface area contributed by atoms with Crippen LogP contribution in [-0.2, 0) is 10.0 Å². The number of carbonyl (C=O) groups excluding carboxylic acids is 1. The van der Waals surface area contributed by atoms with Crippen molar-refractivity contribution in [2.24, 2.45) is 0 Å². The molecule has 0 fully saturated rings. The number of rotatable bonds is 8. The van der Waals surface area contributed by atoms with Crippen molar-refractivity contribution in [1.82, 2.24) is 10.3 Å². The van der Waals surface area contributed by atoms with E-state index in [0.717, 1.165) is 35.2 Å². The van der Waals surface area contributed by atoms with Crippen LogP contribution in [0.1, 0.15) is 59.9 Å². The van der Waals surface area contributed by atoms with Crippen molar-refractivity contribution in [2.75, 3.05) is 16.3 Å². The number of aryl methyl sites for hydroxylation is 1. The van der Waals surface area contributed by atoms with E-state index in [2.05, 4.69) is 29.5 Å². The van der Waals surface area contributed by atoms with Gasteiger partial charge in [0.25, 0.3) is 11.9 Å². The van der Waals surface area contributed by atoms with Crippen molar-refractivity contribution in [3.63, 3.8) is 0 Å². The quantitative estimate of drug-likeness (QED) is 0.408. The molecule has 1 atom stereocenters. The molecule has 3 rings (SSSR count). The molecule has 1 aromatic heterocycles. The summed E-state index contributed by atoms with van der Waals surface area (Å²) >= 11 is 0. The predicted octanol–water partition coefficient (Wildman–Crippen LogP) is 4.99. The molecular weight excluding hydrogens is 466 g/mol. The molecule has 1 unspecified atom stereocenters. The maximum Gasteiger partial charge on any atom is 0.299 e. The van der Waals surface area contributed by atoms with Gasteiger partial charge in [0.15, 0.2) is 17.3 Å². The molecule has 0 bridgehead atoms. The average Bonchev–Trinajstić information content (AvgIpc) is 3.20. The lowest BCUT2D eigenvalue weighted by atomic mass is 10.0. The van der Waals surface area contributed by atoms with Crippen molar-refractivity contribution >= 4 is 33.3 Å². The lowest BCUT2D eigenvalue weighted by Gasteiger charge is -2.15. The van der Waals surface area contributed by atoms with E-state index in [0.29, 0.717) is 5.92 Å². The largest absolute Gasteiger partial charge is 0.431 e. The van der Waals surface area contributed by atoms with E-state index < -0.39 is 39.3 Å². The standard InChI is InChI=1S/C23H26F2N4O4S/c1-12(2)15-7-6-13(3)19(10-15)27-23-28-20(11-33-23)22(30)26-14(4)16-8-17(24)21(18(25)9-16)29-34(5,31)32/h6-12,14,29H,1-5H3,(H,26,30)(H,27,28). The number of halogens is 2. The Morgan fingerprint density at radius 1 is 1.06 bits per heavy atom. The molecule has 182 valence electrons. The molecule has 0 saturated heterocycles. The SMILES string of the molecule is Cc1ccc(C(C)C)cc1Nc1nc(C(=O)NC(C)c2cc(F)c(NS(C)(=O)=O)c(F)c2)co1. The summed E-state index contributed by atoms with van der Waals surface area (Å²) in [6.07, 6.45) is 1.96. The Labute approximate surface area is 196 Å². The van der Waals surface area contributed by atoms with Crippen LogP contribution in [0.2, 0.25) is 0 Å². The summed E-state index contributed by atoms with van der Waals surface area (Å²) in [5.41, 5.74) is 2.19. The lowest BCUT2D eigenvalue weighted by molar-refractivity contribution is 0.0934. The van der Waals surface area contributed by atoms with Crippen LogP contribution in [0.15, 0.2) is 41.0 Å². The molecule has 34 heavy (non-hydrogen) atoms. The summed E-state index contributed by atoms with van der Waals surface area (Å²) in [4.78, 5) is 16.7. The molecule has 3 N–H and O–H groups in total. The molecule has 0 aliphatic heterocycles. The van der Waals surface area contributed by atoms with Crippen LogP contribution < -0.4 is 15.4 Å². The first kappa shape index (κ1) is 25.2. The van der Waals surface area contributed by atoms with Gasteiger partial charge in [0.05, 0.1) is 12.3 Å². The average molecular weight is 493 g/mol. The number of sulfonamides is 1. The number of amides is 1. The summed E-state index contributed by atoms with van der Waals surface area (Å²) in [5.74, 6) is -2.49. The number of carbonyl (C=O) groups is 1. The van der Waals surface area contributed by atoms with E-state index in [4.69, 9.17) is 4.42 Å². The Balaban J connectivity index is 1.72. The maximum absolute atomic E-state index is 14.3. The Morgan fingerprint density at radius 2 is 1.71 bits per heavy atom. The van der Waals surface area contributed by atoms with Gasteiger partial charge in [-0.05, 0) is 54.7 Å². The Morgan fingerprint density at radius 3 is 2.29 bits per heavy atom. The van der Waals surface area contributed by atoms with E-state index in [-0.39, 0.29) is 17.3 Å². The second-order valence-corrected chi connectivity index (χ2v) is 10.1. The third-order valence-corrected chi connectivity index (χ3v) is 5.68. The molecule has 0 saturated carbocycles. The zero-order valence-electron chi connectivity index (χ0n) is 19.4. The van der Waals surface area contributed by atoms with Crippen LogP contribution >= 0.6 is 0 Å². The third kappa shape index (κ3) is 6.10. The van der Waals surface area contributed by atoms with E-state index in [1.54, 1.807) is 4.72 Å². The minimum Gasteiger partial charge on any atom is -0.431 e. The molecule has 0 aliphatic rings. The number of nitrogens with zero attached hydrogens (tertiary/aromatic N) is 1. The summed E-state index contributed by atoms with van der Waals surface area (Å²) in [6, 6.07) is 7.21. The van der Waals surface area contributed by atoms with Crippen molar-refractivity contribution in [1.29, 1.82) is 0 Å². The van der Waals surface area contributed by atoms with Crippen molar-refractivity contribution < 1.29 is 26.4 Å². The third-order valence-electron chi connectivity index (χ3n) is 5.11. The zero-order valence-corrected chi connectivity index (χ0v) is 20.2. The van der Waals surface area contributed by atoms with Crippen molar-refractivity contribution in [3.8, 4) is 0 Å². The van der Waals surface area contributed by atoms with E-state index in [1.807, 2.05) is 25.1 Å². The summed E-state index contributed by atoms with van der Waals surface area (Å²) < 4.78 is 58.3. The highest BCUT2D eigenvalue weighted by molar-refractivity contribution is 7.92.